The van der Waals surface area contributed by atoms with E-state index in [1.807, 2.05) is 38.2 Å². The van der Waals surface area contributed by atoms with Gasteiger partial charge in [-0.2, -0.15) is 4.37 Å². The monoisotopic (exact) mass is 764 g/mol. The summed E-state index contributed by atoms with van der Waals surface area (Å²) < 4.78 is 38.6. The summed E-state index contributed by atoms with van der Waals surface area (Å²) in [5, 5.41) is 16.1. The predicted molar refractivity (Wildman–Crippen MR) is 209 cm³/mol. The third kappa shape index (κ3) is 8.81. The molecule has 55 heavy (non-hydrogen) atoms. The van der Waals surface area contributed by atoms with Crippen LogP contribution in [0.3, 0.4) is 0 Å². The summed E-state index contributed by atoms with van der Waals surface area (Å²) in [5.74, 6) is -1.76. The van der Waals surface area contributed by atoms with Gasteiger partial charge in [0.2, 0.25) is 0 Å². The molecule has 3 heterocycles. The highest BCUT2D eigenvalue weighted by molar-refractivity contribution is 7.10. The number of carbonyl (C=O) groups excluding carboxylic acids is 1. The van der Waals surface area contributed by atoms with E-state index in [4.69, 9.17) is 9.11 Å². The van der Waals surface area contributed by atoms with E-state index in [-0.39, 0.29) is 30.0 Å². The first-order valence-corrected chi connectivity index (χ1v) is 19.0. The topological polar surface area (TPSA) is 104 Å². The van der Waals surface area contributed by atoms with Gasteiger partial charge in [-0.3, -0.25) is 24.8 Å². The fourth-order valence-electron chi connectivity index (χ4n) is 7.49. The Bertz CT molecular complexity index is 2110. The summed E-state index contributed by atoms with van der Waals surface area (Å²) in [6.45, 7) is 6.48. The van der Waals surface area contributed by atoms with Crippen LogP contribution in [0.4, 0.5) is 19.5 Å². The number of nitrogens with zero attached hydrogens (tertiary/aromatic N) is 5. The molecule has 1 saturated heterocycles. The van der Waals surface area contributed by atoms with Gasteiger partial charge in [0.05, 0.1) is 22.2 Å². The van der Waals surface area contributed by atoms with Gasteiger partial charge in [-0.05, 0) is 72.0 Å². The van der Waals surface area contributed by atoms with Crippen molar-refractivity contribution in [1.82, 2.24) is 19.1 Å². The predicted octanol–water partition coefficient (Wildman–Crippen LogP) is 7.74. The summed E-state index contributed by atoms with van der Waals surface area (Å²) in [5.41, 5.74) is 6.14. The van der Waals surface area contributed by atoms with Crippen molar-refractivity contribution < 1.29 is 23.2 Å². The fraction of sp³-hybridized carbons (Fsp3) is 0.286. The van der Waals surface area contributed by atoms with Crippen LogP contribution in [0.1, 0.15) is 52.4 Å². The SMILES string of the molecule is CC1=C(C(=O)OCCN(C)Cc2ccccc2)C(c2cccc([N+](=O)[O-])c2)c2c(CN3CCN(C(c4ccc(F)cc4)c4ccc(F)cc4)CC3)nsc2N1. The Morgan fingerprint density at radius 3 is 2.25 bits per heavy atom. The van der Waals surface area contributed by atoms with Crippen molar-refractivity contribution >= 4 is 28.2 Å². The third-order valence-corrected chi connectivity index (χ3v) is 11.1. The van der Waals surface area contributed by atoms with Crippen molar-refractivity contribution in [3.05, 3.63) is 170 Å². The molecule has 13 heteroatoms. The molecule has 1 unspecified atom stereocenters. The molecule has 10 nitrogen and oxygen atoms in total. The summed E-state index contributed by atoms with van der Waals surface area (Å²) in [4.78, 5) is 32.2. The molecule has 0 spiro atoms. The van der Waals surface area contributed by atoms with Gasteiger partial charge >= 0.3 is 5.97 Å². The van der Waals surface area contributed by atoms with Crippen LogP contribution in [0, 0.1) is 21.7 Å². The number of nitrogens with one attached hydrogen (secondary N) is 1. The van der Waals surface area contributed by atoms with Crippen LogP contribution in [0.15, 0.2) is 114 Å². The van der Waals surface area contributed by atoms with E-state index in [0.717, 1.165) is 32.9 Å². The molecular formula is C42H42F2N6O4S. The van der Waals surface area contributed by atoms with Gasteiger partial charge in [0.15, 0.2) is 0 Å². The molecule has 1 atom stereocenters. The zero-order chi connectivity index (χ0) is 38.5. The van der Waals surface area contributed by atoms with Gasteiger partial charge in [0.25, 0.3) is 5.69 Å². The Hall–Kier alpha value is -5.34. The van der Waals surface area contributed by atoms with E-state index in [1.165, 1.54) is 47.9 Å². The minimum atomic E-state index is -0.637. The molecule has 1 fully saturated rings. The Morgan fingerprint density at radius 1 is 0.964 bits per heavy atom. The second kappa shape index (κ2) is 17.0. The molecule has 284 valence electrons. The number of anilines is 1. The van der Waals surface area contributed by atoms with Crippen LogP contribution in [-0.2, 0) is 22.6 Å². The highest BCUT2D eigenvalue weighted by Gasteiger charge is 2.38. The van der Waals surface area contributed by atoms with Gasteiger partial charge in [0, 0.05) is 75.1 Å². The van der Waals surface area contributed by atoms with Crippen molar-refractivity contribution in [1.29, 1.82) is 0 Å². The number of non-ortho nitro benzene ring substituents is 1. The second-order valence-corrected chi connectivity index (χ2v) is 14.8. The highest BCUT2D eigenvalue weighted by Crippen LogP contribution is 2.46. The number of halogens is 2. The van der Waals surface area contributed by atoms with E-state index in [1.54, 1.807) is 30.3 Å². The number of carbonyl (C=O) groups is 1. The van der Waals surface area contributed by atoms with Gasteiger partial charge < -0.3 is 10.1 Å². The minimum Gasteiger partial charge on any atom is -0.461 e. The lowest BCUT2D eigenvalue weighted by atomic mass is 9.81. The first-order chi connectivity index (χ1) is 26.6. The number of fused-ring (bicyclic) bond motifs is 1. The first-order valence-electron chi connectivity index (χ1n) is 18.2. The van der Waals surface area contributed by atoms with Crippen molar-refractivity contribution in [2.24, 2.45) is 0 Å². The number of hydrogen-bond donors (Lipinski definition) is 1. The van der Waals surface area contributed by atoms with Gasteiger partial charge in [-0.15, -0.1) is 0 Å². The van der Waals surface area contributed by atoms with E-state index in [9.17, 15) is 23.7 Å². The lowest BCUT2D eigenvalue weighted by molar-refractivity contribution is -0.384. The average molecular weight is 765 g/mol. The summed E-state index contributed by atoms with van der Waals surface area (Å²) in [6.07, 6.45) is 0. The molecule has 0 amide bonds. The number of aromatic nitrogens is 1. The number of rotatable bonds is 13. The number of hydrogen-bond acceptors (Lipinski definition) is 10. The Kier molecular flexibility index (Phi) is 11.7. The third-order valence-electron chi connectivity index (χ3n) is 10.2. The summed E-state index contributed by atoms with van der Waals surface area (Å²) in [6, 6.07) is 29.2. The molecule has 7 rings (SSSR count). The molecule has 5 aromatic rings. The molecule has 2 aliphatic heterocycles. The van der Waals surface area contributed by atoms with Crippen molar-refractivity contribution in [2.75, 3.05) is 51.7 Å². The largest absolute Gasteiger partial charge is 0.461 e. The summed E-state index contributed by atoms with van der Waals surface area (Å²) in [7, 11) is 1.97. The van der Waals surface area contributed by atoms with E-state index < -0.39 is 16.8 Å². The Balaban J connectivity index is 1.10. The zero-order valence-corrected chi connectivity index (χ0v) is 31.5. The van der Waals surface area contributed by atoms with Crippen LogP contribution in [0.25, 0.3) is 0 Å². The lowest BCUT2D eigenvalue weighted by Gasteiger charge is -2.40. The van der Waals surface area contributed by atoms with Crippen LogP contribution < -0.4 is 5.32 Å². The first kappa shape index (κ1) is 38.0. The molecule has 4 aromatic carbocycles. The van der Waals surface area contributed by atoms with Crippen LogP contribution in [0.5, 0.6) is 0 Å². The molecule has 2 aliphatic rings. The zero-order valence-electron chi connectivity index (χ0n) is 30.7. The number of likely N-dealkylation sites (N-methyl/N-ethyl adjacent to an activating group) is 1. The molecule has 0 bridgehead atoms. The normalized spacial score (nSPS) is 16.3. The van der Waals surface area contributed by atoms with Gasteiger partial charge in [-0.1, -0.05) is 66.7 Å². The number of nitro groups is 1. The standard InChI is InChI=1S/C42H42F2N6O4S/c1-28-37(42(51)54-24-23-47(2)26-29-7-4-3-5-8-29)38(32-9-6-10-35(25-32)50(52)53)39-36(46-55-41(39)45-28)27-48-19-21-49(22-20-48)40(30-11-15-33(43)16-12-30)31-13-17-34(44)18-14-31/h3-18,25,38,40,45H,19-24,26-27H2,1-2H3. The van der Waals surface area contributed by atoms with Crippen molar-refractivity contribution in [3.8, 4) is 0 Å². The quantitative estimate of drug-likeness (QED) is 0.0733. The highest BCUT2D eigenvalue weighted by atomic mass is 32.1. The second-order valence-electron chi connectivity index (χ2n) is 14.0. The Labute approximate surface area is 323 Å². The van der Waals surface area contributed by atoms with E-state index in [0.29, 0.717) is 62.6 Å². The maximum Gasteiger partial charge on any atom is 0.336 e. The van der Waals surface area contributed by atoms with Gasteiger partial charge in [-0.25, -0.2) is 13.6 Å². The van der Waals surface area contributed by atoms with Crippen molar-refractivity contribution in [3.63, 3.8) is 0 Å². The maximum atomic E-state index is 14.0. The molecular weight excluding hydrogens is 723 g/mol. The van der Waals surface area contributed by atoms with Gasteiger partial charge in [0.1, 0.15) is 23.2 Å². The summed E-state index contributed by atoms with van der Waals surface area (Å²) >= 11 is 1.31. The molecule has 0 aliphatic carbocycles. The van der Waals surface area contributed by atoms with Crippen molar-refractivity contribution in [2.45, 2.75) is 32.0 Å². The number of esters is 1. The number of allylic oxidation sites excluding steroid dienone is 1. The number of ether oxygens (including phenoxy) is 1. The lowest BCUT2D eigenvalue weighted by Crippen LogP contribution is -2.47. The smallest absolute Gasteiger partial charge is 0.336 e. The molecule has 0 saturated carbocycles. The van der Waals surface area contributed by atoms with E-state index in [2.05, 4.69) is 32.1 Å². The Morgan fingerprint density at radius 2 is 1.62 bits per heavy atom. The minimum absolute atomic E-state index is 0.0665. The number of benzene rings is 4. The number of piperazine rings is 1. The molecule has 0 radical (unpaired) electrons. The van der Waals surface area contributed by atoms with Crippen LogP contribution in [0.2, 0.25) is 0 Å². The van der Waals surface area contributed by atoms with E-state index >= 15 is 0 Å². The van der Waals surface area contributed by atoms with Crippen LogP contribution in [-0.4, -0.2) is 76.3 Å². The molecule has 1 aromatic heterocycles. The van der Waals surface area contributed by atoms with Crippen LogP contribution >= 0.6 is 11.5 Å². The fourth-order valence-corrected chi connectivity index (χ4v) is 8.38. The average Bonchev–Trinajstić information content (AvgIpc) is 3.58. The molecule has 1 N–H and O–H groups in total. The maximum absolute atomic E-state index is 14.0. The number of nitro benzene ring substituents is 1.